The van der Waals surface area contributed by atoms with E-state index in [9.17, 15) is 8.42 Å². The monoisotopic (exact) mass is 393 g/mol. The van der Waals surface area contributed by atoms with Crippen LogP contribution in [0.15, 0.2) is 28.6 Å². The molecule has 0 N–H and O–H groups in total. The molecule has 1 aliphatic carbocycles. The molecule has 0 atom stereocenters. The van der Waals surface area contributed by atoms with E-state index >= 15 is 0 Å². The lowest BCUT2D eigenvalue weighted by atomic mass is 9.89. The fourth-order valence-corrected chi connectivity index (χ4v) is 7.02. The fraction of sp³-hybridized carbons (Fsp3) is 0.632. The van der Waals surface area contributed by atoms with Crippen LogP contribution in [0.2, 0.25) is 0 Å². The summed E-state index contributed by atoms with van der Waals surface area (Å²) in [5.41, 5.74) is 2.49. The standard InChI is InChI=1S/C19H27N3O2S2/c23-26(24,18-9-4-8-17-19(18)25-15-20-17)22-11-5-10-21(12-13-22)14-16-6-2-1-3-7-16/h4,8-9,15-16H,1-3,5-7,10-14H2. The van der Waals surface area contributed by atoms with Gasteiger partial charge in [-0.25, -0.2) is 13.4 Å². The van der Waals surface area contributed by atoms with Crippen LogP contribution in [0.25, 0.3) is 10.2 Å². The molecule has 0 bridgehead atoms. The highest BCUT2D eigenvalue weighted by atomic mass is 32.2. The summed E-state index contributed by atoms with van der Waals surface area (Å²) in [7, 11) is -3.46. The van der Waals surface area contributed by atoms with Gasteiger partial charge in [0, 0.05) is 26.2 Å². The van der Waals surface area contributed by atoms with Crippen molar-refractivity contribution in [1.82, 2.24) is 14.2 Å². The molecule has 7 heteroatoms. The van der Waals surface area contributed by atoms with Gasteiger partial charge in [0.25, 0.3) is 0 Å². The van der Waals surface area contributed by atoms with Crippen molar-refractivity contribution in [2.75, 3.05) is 32.7 Å². The fourth-order valence-electron chi connectivity index (χ4n) is 4.31. The van der Waals surface area contributed by atoms with Crippen molar-refractivity contribution in [2.45, 2.75) is 43.4 Å². The molecule has 0 amide bonds. The third-order valence-electron chi connectivity index (χ3n) is 5.73. The minimum atomic E-state index is -3.46. The Bertz CT molecular complexity index is 843. The Kier molecular flexibility index (Phi) is 5.59. The van der Waals surface area contributed by atoms with Gasteiger partial charge in [-0.05, 0) is 43.9 Å². The lowest BCUT2D eigenvalue weighted by Gasteiger charge is -2.28. The normalized spacial score (nSPS) is 21.8. The van der Waals surface area contributed by atoms with E-state index in [0.29, 0.717) is 18.0 Å². The van der Waals surface area contributed by atoms with Crippen LogP contribution in [-0.4, -0.2) is 55.3 Å². The Balaban J connectivity index is 1.47. The maximum Gasteiger partial charge on any atom is 0.244 e. The maximum atomic E-state index is 13.2. The van der Waals surface area contributed by atoms with E-state index in [0.717, 1.165) is 42.2 Å². The Hall–Kier alpha value is -1.02. The first-order valence-corrected chi connectivity index (χ1v) is 12.0. The maximum absolute atomic E-state index is 13.2. The van der Waals surface area contributed by atoms with Crippen molar-refractivity contribution in [3.05, 3.63) is 23.7 Å². The van der Waals surface area contributed by atoms with Crippen LogP contribution in [0.1, 0.15) is 38.5 Å². The molecule has 26 heavy (non-hydrogen) atoms. The van der Waals surface area contributed by atoms with Gasteiger partial charge in [-0.1, -0.05) is 25.3 Å². The van der Waals surface area contributed by atoms with Crippen LogP contribution in [0.5, 0.6) is 0 Å². The largest absolute Gasteiger partial charge is 0.302 e. The average Bonchev–Trinajstić information content (AvgIpc) is 3.01. The van der Waals surface area contributed by atoms with E-state index in [4.69, 9.17) is 0 Å². The van der Waals surface area contributed by atoms with Crippen molar-refractivity contribution >= 4 is 31.6 Å². The molecule has 4 rings (SSSR count). The second kappa shape index (κ2) is 7.92. The van der Waals surface area contributed by atoms with E-state index < -0.39 is 10.0 Å². The number of nitrogens with zero attached hydrogens (tertiary/aromatic N) is 3. The van der Waals surface area contributed by atoms with Crippen molar-refractivity contribution in [3.8, 4) is 0 Å². The zero-order valence-electron chi connectivity index (χ0n) is 15.1. The molecule has 142 valence electrons. The summed E-state index contributed by atoms with van der Waals surface area (Å²) in [4.78, 5) is 7.16. The smallest absolute Gasteiger partial charge is 0.244 e. The summed E-state index contributed by atoms with van der Waals surface area (Å²) < 4.78 is 28.9. The molecule has 5 nitrogen and oxygen atoms in total. The molecule has 1 aromatic carbocycles. The van der Waals surface area contributed by atoms with Crippen LogP contribution in [-0.2, 0) is 10.0 Å². The summed E-state index contributed by atoms with van der Waals surface area (Å²) in [5.74, 6) is 0.804. The summed E-state index contributed by atoms with van der Waals surface area (Å²) in [5, 5.41) is 0. The highest BCUT2D eigenvalue weighted by Gasteiger charge is 2.29. The topological polar surface area (TPSA) is 53.5 Å². The molecule has 1 saturated carbocycles. The molecule has 0 unspecified atom stereocenters. The molecular formula is C19H27N3O2S2. The third-order valence-corrected chi connectivity index (χ3v) is 8.67. The van der Waals surface area contributed by atoms with Gasteiger partial charge in [0.2, 0.25) is 10.0 Å². The van der Waals surface area contributed by atoms with Crippen molar-refractivity contribution in [1.29, 1.82) is 0 Å². The first kappa shape index (κ1) is 18.3. The van der Waals surface area contributed by atoms with E-state index in [1.165, 1.54) is 43.4 Å². The molecule has 0 radical (unpaired) electrons. The summed E-state index contributed by atoms with van der Waals surface area (Å²) in [6.07, 6.45) is 7.68. The van der Waals surface area contributed by atoms with Crippen LogP contribution >= 0.6 is 11.3 Å². The Morgan fingerprint density at radius 2 is 1.88 bits per heavy atom. The highest BCUT2D eigenvalue weighted by molar-refractivity contribution is 7.89. The Labute approximate surface area is 160 Å². The van der Waals surface area contributed by atoms with Gasteiger partial charge in [-0.3, -0.25) is 0 Å². The molecule has 0 spiro atoms. The zero-order chi connectivity index (χ0) is 18.0. The molecule has 2 aliphatic rings. The van der Waals surface area contributed by atoms with Gasteiger partial charge in [0.15, 0.2) is 0 Å². The van der Waals surface area contributed by atoms with E-state index in [2.05, 4.69) is 9.88 Å². The van der Waals surface area contributed by atoms with E-state index in [1.54, 1.807) is 21.9 Å². The lowest BCUT2D eigenvalue weighted by molar-refractivity contribution is 0.208. The molecule has 2 aromatic rings. The summed E-state index contributed by atoms with van der Waals surface area (Å²) >= 11 is 1.41. The van der Waals surface area contributed by atoms with Gasteiger partial charge < -0.3 is 4.90 Å². The summed E-state index contributed by atoms with van der Waals surface area (Å²) in [6.45, 7) is 4.18. The number of thiazole rings is 1. The second-order valence-electron chi connectivity index (χ2n) is 7.52. The number of hydrogen-bond donors (Lipinski definition) is 0. The SMILES string of the molecule is O=S(=O)(c1cccc2ncsc12)N1CCCN(CC2CCCCC2)CC1. The molecular weight excluding hydrogens is 366 g/mol. The van der Waals surface area contributed by atoms with Crippen molar-refractivity contribution in [3.63, 3.8) is 0 Å². The molecule has 2 heterocycles. The molecule has 1 saturated heterocycles. The molecule has 2 fully saturated rings. The number of fused-ring (bicyclic) bond motifs is 1. The van der Waals surface area contributed by atoms with Crippen LogP contribution < -0.4 is 0 Å². The molecule has 1 aromatic heterocycles. The van der Waals surface area contributed by atoms with Crippen LogP contribution in [0, 0.1) is 5.92 Å². The zero-order valence-corrected chi connectivity index (χ0v) is 16.8. The number of rotatable bonds is 4. The second-order valence-corrected chi connectivity index (χ2v) is 10.3. The van der Waals surface area contributed by atoms with Gasteiger partial charge in [0.05, 0.1) is 15.7 Å². The molecule has 1 aliphatic heterocycles. The first-order valence-electron chi connectivity index (χ1n) is 9.69. The average molecular weight is 394 g/mol. The predicted molar refractivity (Wildman–Crippen MR) is 106 cm³/mol. The minimum Gasteiger partial charge on any atom is -0.302 e. The number of aromatic nitrogens is 1. The van der Waals surface area contributed by atoms with Crippen LogP contribution in [0.3, 0.4) is 0 Å². The van der Waals surface area contributed by atoms with E-state index in [1.807, 2.05) is 6.07 Å². The lowest BCUT2D eigenvalue weighted by Crippen LogP contribution is -2.36. The van der Waals surface area contributed by atoms with Crippen molar-refractivity contribution in [2.24, 2.45) is 5.92 Å². The van der Waals surface area contributed by atoms with Gasteiger partial charge in [-0.2, -0.15) is 4.31 Å². The highest BCUT2D eigenvalue weighted by Crippen LogP contribution is 2.29. The minimum absolute atomic E-state index is 0.415. The van der Waals surface area contributed by atoms with Gasteiger partial charge in [-0.15, -0.1) is 11.3 Å². The Morgan fingerprint density at radius 3 is 2.73 bits per heavy atom. The van der Waals surface area contributed by atoms with Gasteiger partial charge >= 0.3 is 0 Å². The number of hydrogen-bond acceptors (Lipinski definition) is 5. The van der Waals surface area contributed by atoms with Gasteiger partial charge in [0.1, 0.15) is 4.90 Å². The third kappa shape index (κ3) is 3.81. The quantitative estimate of drug-likeness (QED) is 0.797. The Morgan fingerprint density at radius 1 is 1.04 bits per heavy atom. The van der Waals surface area contributed by atoms with Crippen LogP contribution in [0.4, 0.5) is 0 Å². The van der Waals surface area contributed by atoms with E-state index in [-0.39, 0.29) is 0 Å². The van der Waals surface area contributed by atoms with Crippen molar-refractivity contribution < 1.29 is 8.42 Å². The number of benzene rings is 1. The summed E-state index contributed by atoms with van der Waals surface area (Å²) in [6, 6.07) is 5.39. The first-order chi connectivity index (χ1) is 12.6. The predicted octanol–water partition coefficient (Wildman–Crippen LogP) is 3.57. The number of sulfonamides is 1.